The Balaban J connectivity index is 1.96. The summed E-state index contributed by atoms with van der Waals surface area (Å²) in [5.41, 5.74) is -0.595. The molecule has 1 saturated carbocycles. The van der Waals surface area contributed by atoms with Crippen LogP contribution in [0.1, 0.15) is 32.6 Å². The van der Waals surface area contributed by atoms with Crippen LogP contribution >= 0.6 is 0 Å². The first-order valence-corrected chi connectivity index (χ1v) is 6.98. The Kier molecular flexibility index (Phi) is 4.59. The third-order valence-electron chi connectivity index (χ3n) is 3.94. The molecule has 0 aromatic rings. The number of nitrogens with one attached hydrogen (secondary N) is 1. The lowest BCUT2D eigenvalue weighted by molar-refractivity contribution is -0.151. The number of carbonyl (C=O) groups excluding carboxylic acids is 1. The topological polar surface area (TPSA) is 61.8 Å². The van der Waals surface area contributed by atoms with Gasteiger partial charge in [-0.25, -0.2) is 0 Å². The molecular formula is C13H24N2O3. The summed E-state index contributed by atoms with van der Waals surface area (Å²) in [7, 11) is 0. The van der Waals surface area contributed by atoms with E-state index in [1.165, 1.54) is 0 Å². The molecular weight excluding hydrogens is 232 g/mol. The fourth-order valence-electron chi connectivity index (χ4n) is 2.98. The van der Waals surface area contributed by atoms with Crippen LogP contribution in [0.5, 0.6) is 0 Å². The SMILES string of the molecule is CCOC(=O)C1CNCCN1CC1(O)CCCC1. The molecule has 104 valence electrons. The van der Waals surface area contributed by atoms with Gasteiger partial charge >= 0.3 is 5.97 Å². The Morgan fingerprint density at radius 1 is 1.50 bits per heavy atom. The Bertz CT molecular complexity index is 290. The first kappa shape index (κ1) is 13.8. The second-order valence-electron chi connectivity index (χ2n) is 5.37. The number of hydrogen-bond acceptors (Lipinski definition) is 5. The third-order valence-corrected chi connectivity index (χ3v) is 3.94. The minimum Gasteiger partial charge on any atom is -0.465 e. The van der Waals surface area contributed by atoms with Crippen LogP contribution in [0.15, 0.2) is 0 Å². The average molecular weight is 256 g/mol. The lowest BCUT2D eigenvalue weighted by atomic mass is 10.00. The molecule has 2 aliphatic rings. The van der Waals surface area contributed by atoms with Gasteiger partial charge in [0.15, 0.2) is 0 Å². The fraction of sp³-hybridized carbons (Fsp3) is 0.923. The van der Waals surface area contributed by atoms with Crippen molar-refractivity contribution in [3.8, 4) is 0 Å². The molecule has 0 aromatic heterocycles. The Labute approximate surface area is 108 Å². The number of aliphatic hydroxyl groups is 1. The summed E-state index contributed by atoms with van der Waals surface area (Å²) < 4.78 is 5.11. The summed E-state index contributed by atoms with van der Waals surface area (Å²) in [6.07, 6.45) is 3.89. The quantitative estimate of drug-likeness (QED) is 0.700. The smallest absolute Gasteiger partial charge is 0.324 e. The summed E-state index contributed by atoms with van der Waals surface area (Å²) in [4.78, 5) is 14.0. The van der Waals surface area contributed by atoms with Crippen molar-refractivity contribution in [1.29, 1.82) is 0 Å². The van der Waals surface area contributed by atoms with Crippen molar-refractivity contribution < 1.29 is 14.6 Å². The summed E-state index contributed by atoms with van der Waals surface area (Å²) >= 11 is 0. The van der Waals surface area contributed by atoms with Crippen molar-refractivity contribution in [2.75, 3.05) is 32.8 Å². The highest BCUT2D eigenvalue weighted by Gasteiger charge is 2.38. The van der Waals surface area contributed by atoms with E-state index in [2.05, 4.69) is 10.2 Å². The molecule has 0 aromatic carbocycles. The van der Waals surface area contributed by atoms with E-state index < -0.39 is 5.60 Å². The standard InChI is InChI=1S/C13H24N2O3/c1-2-18-12(16)11-9-14-7-8-15(11)10-13(17)5-3-4-6-13/h11,14,17H,2-10H2,1H3. The van der Waals surface area contributed by atoms with Crippen LogP contribution in [-0.4, -0.2) is 60.4 Å². The largest absolute Gasteiger partial charge is 0.465 e. The molecule has 2 N–H and O–H groups in total. The number of rotatable bonds is 4. The van der Waals surface area contributed by atoms with E-state index in [4.69, 9.17) is 4.74 Å². The first-order chi connectivity index (χ1) is 8.64. The molecule has 1 heterocycles. The van der Waals surface area contributed by atoms with Gasteiger partial charge in [0.05, 0.1) is 12.2 Å². The normalized spacial score (nSPS) is 28.2. The van der Waals surface area contributed by atoms with Gasteiger partial charge in [-0.15, -0.1) is 0 Å². The van der Waals surface area contributed by atoms with Crippen LogP contribution in [0.2, 0.25) is 0 Å². The van der Waals surface area contributed by atoms with Crippen molar-refractivity contribution in [2.24, 2.45) is 0 Å². The van der Waals surface area contributed by atoms with E-state index in [1.54, 1.807) is 0 Å². The fourth-order valence-corrected chi connectivity index (χ4v) is 2.98. The maximum Gasteiger partial charge on any atom is 0.324 e. The summed E-state index contributed by atoms with van der Waals surface area (Å²) in [6.45, 7) is 5.11. The lowest BCUT2D eigenvalue weighted by Gasteiger charge is -2.38. The van der Waals surface area contributed by atoms with Crippen LogP contribution < -0.4 is 5.32 Å². The Morgan fingerprint density at radius 2 is 2.22 bits per heavy atom. The van der Waals surface area contributed by atoms with E-state index >= 15 is 0 Å². The van der Waals surface area contributed by atoms with Crippen molar-refractivity contribution in [3.05, 3.63) is 0 Å². The van der Waals surface area contributed by atoms with Crippen LogP contribution in [0.4, 0.5) is 0 Å². The molecule has 0 spiro atoms. The van der Waals surface area contributed by atoms with E-state index in [9.17, 15) is 9.90 Å². The number of esters is 1. The van der Waals surface area contributed by atoms with Crippen LogP contribution in [-0.2, 0) is 9.53 Å². The van der Waals surface area contributed by atoms with Gasteiger partial charge in [0, 0.05) is 26.2 Å². The van der Waals surface area contributed by atoms with Gasteiger partial charge in [0.25, 0.3) is 0 Å². The molecule has 1 saturated heterocycles. The number of β-amino-alcohol motifs (C(OH)–C–C–N with tert-alkyl or cyclic N) is 1. The van der Waals surface area contributed by atoms with Crippen LogP contribution in [0.3, 0.4) is 0 Å². The maximum absolute atomic E-state index is 11.9. The monoisotopic (exact) mass is 256 g/mol. The number of carbonyl (C=O) groups is 1. The predicted molar refractivity (Wildman–Crippen MR) is 68.3 cm³/mol. The van der Waals surface area contributed by atoms with Gasteiger partial charge in [-0.2, -0.15) is 0 Å². The van der Waals surface area contributed by atoms with Crippen molar-refractivity contribution >= 4 is 5.97 Å². The molecule has 1 atom stereocenters. The van der Waals surface area contributed by atoms with Gasteiger partial charge in [-0.05, 0) is 19.8 Å². The maximum atomic E-state index is 11.9. The zero-order chi connectivity index (χ0) is 13.0. The number of hydrogen-bond donors (Lipinski definition) is 2. The van der Waals surface area contributed by atoms with Crippen molar-refractivity contribution in [3.63, 3.8) is 0 Å². The molecule has 1 unspecified atom stereocenters. The minimum absolute atomic E-state index is 0.175. The highest BCUT2D eigenvalue weighted by atomic mass is 16.5. The molecule has 2 rings (SSSR count). The van der Waals surface area contributed by atoms with Crippen molar-refractivity contribution in [1.82, 2.24) is 10.2 Å². The van der Waals surface area contributed by atoms with E-state index in [-0.39, 0.29) is 12.0 Å². The first-order valence-electron chi connectivity index (χ1n) is 6.98. The lowest BCUT2D eigenvalue weighted by Crippen LogP contribution is -2.58. The van der Waals surface area contributed by atoms with E-state index in [0.29, 0.717) is 19.7 Å². The molecule has 0 bridgehead atoms. The number of piperazine rings is 1. The zero-order valence-corrected chi connectivity index (χ0v) is 11.2. The summed E-state index contributed by atoms with van der Waals surface area (Å²) in [5.74, 6) is -0.175. The number of ether oxygens (including phenoxy) is 1. The highest BCUT2D eigenvalue weighted by Crippen LogP contribution is 2.30. The predicted octanol–water partition coefficient (Wildman–Crippen LogP) is 0.128. The van der Waals surface area contributed by atoms with E-state index in [1.807, 2.05) is 6.92 Å². The summed E-state index contributed by atoms with van der Waals surface area (Å²) in [5, 5.41) is 13.7. The zero-order valence-electron chi connectivity index (χ0n) is 11.2. The van der Waals surface area contributed by atoms with Crippen molar-refractivity contribution in [2.45, 2.75) is 44.2 Å². The van der Waals surface area contributed by atoms with Gasteiger partial charge < -0.3 is 15.2 Å². The molecule has 1 aliphatic heterocycles. The number of nitrogens with zero attached hydrogens (tertiary/aromatic N) is 1. The molecule has 5 heteroatoms. The van der Waals surface area contributed by atoms with Crippen LogP contribution in [0, 0.1) is 0 Å². The molecule has 5 nitrogen and oxygen atoms in total. The third kappa shape index (κ3) is 3.22. The van der Waals surface area contributed by atoms with Gasteiger partial charge in [-0.3, -0.25) is 9.69 Å². The second-order valence-corrected chi connectivity index (χ2v) is 5.37. The van der Waals surface area contributed by atoms with Gasteiger partial charge in [0.1, 0.15) is 6.04 Å². The Hall–Kier alpha value is -0.650. The molecule has 18 heavy (non-hydrogen) atoms. The molecule has 0 radical (unpaired) electrons. The minimum atomic E-state index is -0.595. The molecule has 1 aliphatic carbocycles. The van der Waals surface area contributed by atoms with Gasteiger partial charge in [-0.1, -0.05) is 12.8 Å². The molecule has 0 amide bonds. The van der Waals surface area contributed by atoms with E-state index in [0.717, 1.165) is 38.8 Å². The Morgan fingerprint density at radius 3 is 2.89 bits per heavy atom. The van der Waals surface area contributed by atoms with Gasteiger partial charge in [0.2, 0.25) is 0 Å². The second kappa shape index (κ2) is 5.99. The van der Waals surface area contributed by atoms with Crippen LogP contribution in [0.25, 0.3) is 0 Å². The highest BCUT2D eigenvalue weighted by molar-refractivity contribution is 5.76. The molecule has 2 fully saturated rings. The summed E-state index contributed by atoms with van der Waals surface area (Å²) in [6, 6.07) is -0.247. The average Bonchev–Trinajstić information content (AvgIpc) is 2.77.